The van der Waals surface area contributed by atoms with Crippen molar-refractivity contribution in [3.8, 4) is 6.07 Å². The lowest BCUT2D eigenvalue weighted by molar-refractivity contribution is 0.290. The van der Waals surface area contributed by atoms with Gasteiger partial charge in [0.15, 0.2) is 5.25 Å². The molecule has 6 nitrogen and oxygen atoms in total. The van der Waals surface area contributed by atoms with Crippen molar-refractivity contribution in [3.05, 3.63) is 35.5 Å². The van der Waals surface area contributed by atoms with Gasteiger partial charge in [-0.05, 0) is 76.9 Å². The Morgan fingerprint density at radius 3 is 2.55 bits per heavy atom. The summed E-state index contributed by atoms with van der Waals surface area (Å²) in [5.74, 6) is 0. The number of benzene rings is 1. The Morgan fingerprint density at radius 1 is 1.31 bits per heavy atom. The van der Waals surface area contributed by atoms with Crippen LogP contribution < -0.4 is 0 Å². The SMILES string of the molecule is CN1CCC[C@@H]1Cc1cn(C)c2ccc(C(C#N)S(=O)(=O)N(C)C(C)(C)C)cc12. The fraction of sp³-hybridized carbons (Fsp3) is 0.591. The van der Waals surface area contributed by atoms with Crippen LogP contribution in [0.3, 0.4) is 0 Å². The number of rotatable bonds is 5. The van der Waals surface area contributed by atoms with Crippen LogP contribution in [0, 0.1) is 11.3 Å². The summed E-state index contributed by atoms with van der Waals surface area (Å²) in [7, 11) is 1.90. The zero-order valence-electron chi connectivity index (χ0n) is 18.3. The van der Waals surface area contributed by atoms with Crippen LogP contribution in [0.25, 0.3) is 10.9 Å². The predicted molar refractivity (Wildman–Crippen MR) is 117 cm³/mol. The molecule has 0 aliphatic carbocycles. The van der Waals surface area contributed by atoms with Crippen LogP contribution in [0.5, 0.6) is 0 Å². The number of nitrogens with zero attached hydrogens (tertiary/aromatic N) is 4. The molecule has 1 aliphatic heterocycles. The van der Waals surface area contributed by atoms with Crippen molar-refractivity contribution in [2.24, 2.45) is 7.05 Å². The van der Waals surface area contributed by atoms with E-state index in [-0.39, 0.29) is 0 Å². The standard InChI is InChI=1S/C22H32N4O2S/c1-22(2,3)26(6)29(27,28)21(14-23)16-9-10-20-19(13-16)17(15-25(20)5)12-18-8-7-11-24(18)4/h9-10,13,15,18,21H,7-8,11-12H2,1-6H3/t18-,21?/m1/s1. The van der Waals surface area contributed by atoms with E-state index in [0.29, 0.717) is 11.6 Å². The molecule has 1 saturated heterocycles. The third-order valence-electron chi connectivity index (χ3n) is 6.27. The van der Waals surface area contributed by atoms with E-state index in [0.717, 1.165) is 23.9 Å². The van der Waals surface area contributed by atoms with Crippen molar-refractivity contribution in [2.45, 2.75) is 56.9 Å². The molecule has 1 fully saturated rings. The first kappa shape index (κ1) is 21.8. The number of nitriles is 1. The summed E-state index contributed by atoms with van der Waals surface area (Å²) in [6.45, 7) is 6.61. The molecule has 0 spiro atoms. The van der Waals surface area contributed by atoms with Gasteiger partial charge in [0.05, 0.1) is 6.07 Å². The highest BCUT2D eigenvalue weighted by Crippen LogP contribution is 2.33. The Balaban J connectivity index is 2.04. The second-order valence-corrected chi connectivity index (χ2v) is 11.3. The van der Waals surface area contributed by atoms with Gasteiger partial charge in [0.1, 0.15) is 0 Å². The third-order valence-corrected chi connectivity index (χ3v) is 8.55. The lowest BCUT2D eigenvalue weighted by Gasteiger charge is -2.32. The van der Waals surface area contributed by atoms with Gasteiger partial charge in [-0.2, -0.15) is 9.57 Å². The molecule has 2 heterocycles. The first-order valence-electron chi connectivity index (χ1n) is 10.1. The molecule has 1 aliphatic rings. The summed E-state index contributed by atoms with van der Waals surface area (Å²) in [6, 6.07) is 8.16. The first-order valence-corrected chi connectivity index (χ1v) is 11.6. The number of hydrogen-bond donors (Lipinski definition) is 0. The number of hydrogen-bond acceptors (Lipinski definition) is 4. The van der Waals surface area contributed by atoms with Crippen LogP contribution in [0.4, 0.5) is 0 Å². The number of aromatic nitrogens is 1. The molecule has 1 unspecified atom stereocenters. The highest BCUT2D eigenvalue weighted by atomic mass is 32.2. The number of likely N-dealkylation sites (tertiary alicyclic amines) is 1. The van der Waals surface area contributed by atoms with Gasteiger partial charge >= 0.3 is 0 Å². The van der Waals surface area contributed by atoms with Gasteiger partial charge in [-0.25, -0.2) is 8.42 Å². The van der Waals surface area contributed by atoms with Crippen molar-refractivity contribution in [3.63, 3.8) is 0 Å². The normalized spacial score (nSPS) is 19.7. The molecule has 3 rings (SSSR count). The monoisotopic (exact) mass is 416 g/mol. The molecule has 29 heavy (non-hydrogen) atoms. The minimum absolute atomic E-state index is 0.506. The quantitative estimate of drug-likeness (QED) is 0.749. The van der Waals surface area contributed by atoms with Crippen LogP contribution in [0.2, 0.25) is 0 Å². The molecule has 0 amide bonds. The third kappa shape index (κ3) is 4.07. The number of fused-ring (bicyclic) bond motifs is 1. The Bertz CT molecular complexity index is 1040. The molecular formula is C22H32N4O2S. The van der Waals surface area contributed by atoms with Crippen molar-refractivity contribution in [1.29, 1.82) is 5.26 Å². The Morgan fingerprint density at radius 2 is 2.00 bits per heavy atom. The van der Waals surface area contributed by atoms with Crippen LogP contribution in [-0.4, -0.2) is 54.4 Å². The van der Waals surface area contributed by atoms with Crippen LogP contribution >= 0.6 is 0 Å². The van der Waals surface area contributed by atoms with E-state index in [1.54, 1.807) is 13.1 Å². The summed E-state index contributed by atoms with van der Waals surface area (Å²) < 4.78 is 29.7. The second kappa shape index (κ2) is 7.75. The molecule has 7 heteroatoms. The molecule has 0 radical (unpaired) electrons. The number of likely N-dealkylation sites (N-methyl/N-ethyl adjacent to an activating group) is 1. The number of aryl methyl sites for hydroxylation is 1. The maximum atomic E-state index is 13.1. The van der Waals surface area contributed by atoms with Crippen LogP contribution in [0.15, 0.2) is 24.4 Å². The highest BCUT2D eigenvalue weighted by molar-refractivity contribution is 7.89. The molecule has 0 saturated carbocycles. The van der Waals surface area contributed by atoms with Crippen molar-refractivity contribution in [1.82, 2.24) is 13.8 Å². The highest BCUT2D eigenvalue weighted by Gasteiger charge is 2.37. The van der Waals surface area contributed by atoms with Crippen LogP contribution in [-0.2, 0) is 23.5 Å². The molecule has 1 aromatic heterocycles. The van der Waals surface area contributed by atoms with Crippen LogP contribution in [0.1, 0.15) is 50.0 Å². The summed E-state index contributed by atoms with van der Waals surface area (Å²) in [6.07, 6.45) is 5.46. The maximum Gasteiger partial charge on any atom is 0.235 e. The molecule has 0 N–H and O–H groups in total. The van der Waals surface area contributed by atoms with E-state index in [9.17, 15) is 13.7 Å². The average molecular weight is 417 g/mol. The predicted octanol–water partition coefficient (Wildman–Crippen LogP) is 3.44. The lowest BCUT2D eigenvalue weighted by Crippen LogP contribution is -2.44. The van der Waals surface area contributed by atoms with Gasteiger partial charge < -0.3 is 9.47 Å². The largest absolute Gasteiger partial charge is 0.350 e. The molecule has 1 aromatic carbocycles. The second-order valence-electron chi connectivity index (χ2n) is 9.22. The zero-order valence-corrected chi connectivity index (χ0v) is 19.1. The molecular weight excluding hydrogens is 384 g/mol. The van der Waals surface area contributed by atoms with Gasteiger partial charge in [-0.15, -0.1) is 0 Å². The molecule has 0 bridgehead atoms. The van der Waals surface area contributed by atoms with E-state index in [1.807, 2.05) is 46.0 Å². The van der Waals surface area contributed by atoms with Crippen molar-refractivity contribution >= 4 is 20.9 Å². The minimum atomic E-state index is -3.81. The van der Waals surface area contributed by atoms with E-state index in [1.165, 1.54) is 22.7 Å². The smallest absolute Gasteiger partial charge is 0.235 e. The summed E-state index contributed by atoms with van der Waals surface area (Å²) in [5, 5.41) is 9.59. The Kier molecular flexibility index (Phi) is 5.83. The summed E-state index contributed by atoms with van der Waals surface area (Å²) >= 11 is 0. The van der Waals surface area contributed by atoms with Gasteiger partial charge in [-0.3, -0.25) is 0 Å². The van der Waals surface area contributed by atoms with Crippen molar-refractivity contribution < 1.29 is 8.42 Å². The van der Waals surface area contributed by atoms with Gasteiger partial charge in [-0.1, -0.05) is 6.07 Å². The van der Waals surface area contributed by atoms with E-state index < -0.39 is 20.8 Å². The fourth-order valence-corrected chi connectivity index (χ4v) is 5.86. The van der Waals surface area contributed by atoms with Gasteiger partial charge in [0.2, 0.25) is 10.0 Å². The van der Waals surface area contributed by atoms with E-state index >= 15 is 0 Å². The summed E-state index contributed by atoms with van der Waals surface area (Å²) in [4.78, 5) is 2.39. The topological polar surface area (TPSA) is 69.3 Å². The Labute approximate surface area is 174 Å². The van der Waals surface area contributed by atoms with Crippen molar-refractivity contribution in [2.75, 3.05) is 20.6 Å². The fourth-order valence-electron chi connectivity index (χ4n) is 4.16. The maximum absolute atomic E-state index is 13.1. The van der Waals surface area contributed by atoms with E-state index in [2.05, 4.69) is 22.7 Å². The minimum Gasteiger partial charge on any atom is -0.350 e. The zero-order chi connectivity index (χ0) is 21.6. The average Bonchev–Trinajstić information content (AvgIpc) is 3.17. The molecule has 2 atom stereocenters. The van der Waals surface area contributed by atoms with Gasteiger partial charge in [0, 0.05) is 42.8 Å². The van der Waals surface area contributed by atoms with Gasteiger partial charge in [0.25, 0.3) is 0 Å². The molecule has 158 valence electrons. The lowest BCUT2D eigenvalue weighted by atomic mass is 10.0. The molecule has 2 aromatic rings. The number of sulfonamides is 1. The van der Waals surface area contributed by atoms with E-state index in [4.69, 9.17) is 0 Å². The first-order chi connectivity index (χ1) is 13.5. The summed E-state index contributed by atoms with van der Waals surface area (Å²) in [5.41, 5.74) is 2.20. The Hall–Kier alpha value is -1.88.